The molecule has 7 heteroatoms. The summed E-state index contributed by atoms with van der Waals surface area (Å²) in [6, 6.07) is 6.65. The van der Waals surface area contributed by atoms with Crippen LogP contribution in [0.5, 0.6) is 5.75 Å². The summed E-state index contributed by atoms with van der Waals surface area (Å²) < 4.78 is 26.8. The summed E-state index contributed by atoms with van der Waals surface area (Å²) in [4.78, 5) is 4.18. The van der Waals surface area contributed by atoms with Crippen molar-refractivity contribution in [1.29, 1.82) is 0 Å². The highest BCUT2D eigenvalue weighted by Gasteiger charge is 2.39. The molecule has 2 aromatic heterocycles. The summed E-state index contributed by atoms with van der Waals surface area (Å²) in [6.45, 7) is 0. The largest absolute Gasteiger partial charge is 0.507 e. The third-order valence-electron chi connectivity index (χ3n) is 5.17. The molecule has 1 N–H and O–H groups in total. The van der Waals surface area contributed by atoms with Gasteiger partial charge in [-0.15, -0.1) is 5.10 Å². The van der Waals surface area contributed by atoms with Gasteiger partial charge in [-0.05, 0) is 49.4 Å². The molecule has 1 aromatic carbocycles. The maximum absolute atomic E-state index is 13.4. The first-order valence-electron chi connectivity index (χ1n) is 8.89. The fourth-order valence-corrected chi connectivity index (χ4v) is 3.93. The molecule has 4 rings (SSSR count). The zero-order valence-corrected chi connectivity index (χ0v) is 15.3. The Morgan fingerprint density at radius 2 is 2.04 bits per heavy atom. The lowest BCUT2D eigenvalue weighted by molar-refractivity contribution is 0.00472. The summed E-state index contributed by atoms with van der Waals surface area (Å²) in [5.74, 6) is -2.50. The lowest BCUT2D eigenvalue weighted by atomic mass is 9.97. The molecule has 3 aromatic rings. The summed E-state index contributed by atoms with van der Waals surface area (Å²) in [6.07, 6.45) is 5.06. The van der Waals surface area contributed by atoms with Crippen LogP contribution in [0.4, 0.5) is 8.78 Å². The molecule has 27 heavy (non-hydrogen) atoms. The van der Waals surface area contributed by atoms with Gasteiger partial charge in [0.15, 0.2) is 0 Å². The van der Waals surface area contributed by atoms with Gasteiger partial charge >= 0.3 is 0 Å². The van der Waals surface area contributed by atoms with E-state index in [1.807, 2.05) is 6.07 Å². The molecule has 1 atom stereocenters. The second kappa shape index (κ2) is 7.00. The first-order chi connectivity index (χ1) is 12.9. The van der Waals surface area contributed by atoms with Crippen LogP contribution < -0.4 is 0 Å². The molecule has 140 valence electrons. The van der Waals surface area contributed by atoms with Crippen molar-refractivity contribution < 1.29 is 13.9 Å². The van der Waals surface area contributed by atoms with Gasteiger partial charge in [0.05, 0.1) is 5.69 Å². The van der Waals surface area contributed by atoms with Crippen molar-refractivity contribution in [3.8, 4) is 17.0 Å². The van der Waals surface area contributed by atoms with Crippen molar-refractivity contribution in [3.63, 3.8) is 0 Å². The van der Waals surface area contributed by atoms with Gasteiger partial charge in [0.25, 0.3) is 0 Å². The van der Waals surface area contributed by atoms with E-state index in [1.54, 1.807) is 24.5 Å². The van der Waals surface area contributed by atoms with Crippen LogP contribution in [0.25, 0.3) is 22.0 Å². The van der Waals surface area contributed by atoms with E-state index in [0.29, 0.717) is 35.5 Å². The predicted octanol–water partition coefficient (Wildman–Crippen LogP) is 5.42. The van der Waals surface area contributed by atoms with Crippen LogP contribution in [0.15, 0.2) is 36.7 Å². The number of rotatable bonds is 4. The highest BCUT2D eigenvalue weighted by atomic mass is 35.5. The molecule has 0 radical (unpaired) electrons. The quantitative estimate of drug-likeness (QED) is 0.647. The Labute approximate surface area is 160 Å². The monoisotopic (exact) mass is 389 g/mol. The van der Waals surface area contributed by atoms with Gasteiger partial charge in [-0.1, -0.05) is 11.6 Å². The Bertz CT molecular complexity index is 996. The van der Waals surface area contributed by atoms with E-state index in [0.717, 1.165) is 16.5 Å². The fraction of sp³-hybridized carbons (Fsp3) is 0.350. The number of nitrogens with zero attached hydrogens (tertiary/aromatic N) is 3. The number of fused-ring (bicyclic) bond motifs is 1. The number of pyridine rings is 1. The third-order valence-corrected chi connectivity index (χ3v) is 5.40. The van der Waals surface area contributed by atoms with Gasteiger partial charge in [0, 0.05) is 46.6 Å². The second-order valence-corrected chi connectivity index (χ2v) is 7.52. The molecule has 0 bridgehead atoms. The fourth-order valence-electron chi connectivity index (χ4n) is 3.77. The SMILES string of the molecule is Oc1cc(Cl)ccc1-c1nnc(CC[C@@H]2CCC(F)(F)C2)c2cnccc12. The van der Waals surface area contributed by atoms with Gasteiger partial charge < -0.3 is 5.11 Å². The molecule has 4 nitrogen and oxygen atoms in total. The Hall–Kier alpha value is -2.34. The Balaban J connectivity index is 1.66. The molecular formula is C20H18ClF2N3O. The number of halogens is 3. The molecule has 0 saturated heterocycles. The lowest BCUT2D eigenvalue weighted by Crippen LogP contribution is -2.10. The van der Waals surface area contributed by atoms with Crippen LogP contribution >= 0.6 is 11.6 Å². The minimum Gasteiger partial charge on any atom is -0.507 e. The molecule has 0 spiro atoms. The average molecular weight is 390 g/mol. The van der Waals surface area contributed by atoms with Gasteiger partial charge in [0.1, 0.15) is 11.4 Å². The minimum atomic E-state index is -2.53. The van der Waals surface area contributed by atoms with Gasteiger partial charge in [-0.3, -0.25) is 4.98 Å². The first-order valence-corrected chi connectivity index (χ1v) is 9.27. The average Bonchev–Trinajstić information content (AvgIpc) is 2.99. The number of hydrogen-bond donors (Lipinski definition) is 1. The highest BCUT2D eigenvalue weighted by Crippen LogP contribution is 2.41. The maximum Gasteiger partial charge on any atom is 0.248 e. The molecule has 0 aliphatic heterocycles. The van der Waals surface area contributed by atoms with E-state index >= 15 is 0 Å². The Morgan fingerprint density at radius 1 is 1.19 bits per heavy atom. The van der Waals surface area contributed by atoms with E-state index in [4.69, 9.17) is 11.6 Å². The third kappa shape index (κ3) is 3.72. The Morgan fingerprint density at radius 3 is 2.78 bits per heavy atom. The van der Waals surface area contributed by atoms with Crippen LogP contribution in [-0.2, 0) is 6.42 Å². The number of phenolic OH excluding ortho intramolecular Hbond substituents is 1. The molecular weight excluding hydrogens is 372 g/mol. The molecule has 1 aliphatic rings. The number of hydrogen-bond acceptors (Lipinski definition) is 4. The van der Waals surface area contributed by atoms with Crippen molar-refractivity contribution in [1.82, 2.24) is 15.2 Å². The van der Waals surface area contributed by atoms with E-state index in [-0.39, 0.29) is 24.5 Å². The summed E-state index contributed by atoms with van der Waals surface area (Å²) in [5, 5.41) is 20.9. The number of aromatic hydroxyl groups is 1. The van der Waals surface area contributed by atoms with Crippen molar-refractivity contribution in [3.05, 3.63) is 47.4 Å². The van der Waals surface area contributed by atoms with E-state index in [1.165, 1.54) is 6.07 Å². The summed E-state index contributed by atoms with van der Waals surface area (Å²) in [5.41, 5.74) is 1.81. The second-order valence-electron chi connectivity index (χ2n) is 7.08. The van der Waals surface area contributed by atoms with Crippen LogP contribution in [0.1, 0.15) is 31.4 Å². The number of alkyl halides is 2. The molecule has 1 fully saturated rings. The normalized spacial score (nSPS) is 18.9. The first kappa shape index (κ1) is 18.0. The molecule has 1 aliphatic carbocycles. The van der Waals surface area contributed by atoms with Gasteiger partial charge in [-0.2, -0.15) is 5.10 Å². The smallest absolute Gasteiger partial charge is 0.248 e. The van der Waals surface area contributed by atoms with E-state index in [9.17, 15) is 13.9 Å². The number of phenols is 1. The standard InChI is InChI=1S/C20H18ClF2N3O/c21-13-2-3-15(18(27)9-13)19-14-6-8-24-11-16(14)17(25-26-19)4-1-12-5-7-20(22,23)10-12/h2-3,6,8-9,11-12,27H,1,4-5,7,10H2/t12-/m1/s1. The number of benzene rings is 1. The highest BCUT2D eigenvalue weighted by molar-refractivity contribution is 6.30. The Kier molecular flexibility index (Phi) is 4.68. The van der Waals surface area contributed by atoms with Crippen LogP contribution in [0, 0.1) is 5.92 Å². The maximum atomic E-state index is 13.4. The van der Waals surface area contributed by atoms with Crippen LogP contribution in [0.2, 0.25) is 5.02 Å². The molecule has 0 amide bonds. The molecule has 0 unspecified atom stereocenters. The summed E-state index contributed by atoms with van der Waals surface area (Å²) in [7, 11) is 0. The van der Waals surface area contributed by atoms with E-state index < -0.39 is 5.92 Å². The van der Waals surface area contributed by atoms with Crippen molar-refractivity contribution in [2.24, 2.45) is 5.92 Å². The molecule has 2 heterocycles. The minimum absolute atomic E-state index is 0.00788. The van der Waals surface area contributed by atoms with Gasteiger partial charge in [-0.25, -0.2) is 8.78 Å². The van der Waals surface area contributed by atoms with Crippen molar-refractivity contribution in [2.75, 3.05) is 0 Å². The van der Waals surface area contributed by atoms with Crippen LogP contribution in [0.3, 0.4) is 0 Å². The predicted molar refractivity (Wildman–Crippen MR) is 100 cm³/mol. The molecule has 1 saturated carbocycles. The van der Waals surface area contributed by atoms with E-state index in [2.05, 4.69) is 15.2 Å². The van der Waals surface area contributed by atoms with Crippen molar-refractivity contribution in [2.45, 2.75) is 38.0 Å². The zero-order valence-electron chi connectivity index (χ0n) is 14.5. The topological polar surface area (TPSA) is 58.9 Å². The number of aryl methyl sites for hydroxylation is 1. The zero-order chi connectivity index (χ0) is 19.0. The van der Waals surface area contributed by atoms with Gasteiger partial charge in [0.2, 0.25) is 5.92 Å². The lowest BCUT2D eigenvalue weighted by Gasteiger charge is -2.13. The van der Waals surface area contributed by atoms with Crippen molar-refractivity contribution >= 4 is 22.4 Å². The summed E-state index contributed by atoms with van der Waals surface area (Å²) >= 11 is 5.91. The van der Waals surface area contributed by atoms with Crippen LogP contribution in [-0.4, -0.2) is 26.2 Å². The number of aromatic nitrogens is 3.